The normalized spacial score (nSPS) is 16.2. The zero-order valence-electron chi connectivity index (χ0n) is 16.9. The molecule has 5 rings (SSSR count). The van der Waals surface area contributed by atoms with E-state index in [2.05, 4.69) is 4.98 Å². The molecule has 0 saturated carbocycles. The number of rotatable bonds is 4. The molecule has 0 spiro atoms. The summed E-state index contributed by atoms with van der Waals surface area (Å²) >= 11 is 1.24. The molecule has 2 heterocycles. The number of ketones is 1. The van der Waals surface area contributed by atoms with Gasteiger partial charge in [0.2, 0.25) is 0 Å². The Morgan fingerprint density at radius 1 is 1.03 bits per heavy atom. The standard InChI is InChI=1S/C25H17FN2O3S/c1-14-10-12-15(13-11-14)22(29)20-21(16-6-2-3-7-17(16)26)28(24(31)23(20)30)25-27-18-8-4-5-9-19(18)32-25/h2-13,21,30H,1H3. The van der Waals surface area contributed by atoms with Gasteiger partial charge in [-0.15, -0.1) is 0 Å². The highest BCUT2D eigenvalue weighted by Gasteiger charge is 2.46. The topological polar surface area (TPSA) is 70.5 Å². The monoisotopic (exact) mass is 444 g/mol. The van der Waals surface area contributed by atoms with E-state index >= 15 is 0 Å². The SMILES string of the molecule is Cc1ccc(C(=O)C2=C(O)C(=O)N(c3nc4ccccc4s3)C2c2ccccc2F)cc1. The van der Waals surface area contributed by atoms with Crippen molar-refractivity contribution < 1.29 is 19.1 Å². The van der Waals surface area contributed by atoms with E-state index in [1.807, 2.05) is 25.1 Å². The van der Waals surface area contributed by atoms with Crippen LogP contribution in [0.1, 0.15) is 27.5 Å². The third kappa shape index (κ3) is 3.18. The third-order valence-electron chi connectivity index (χ3n) is 5.46. The summed E-state index contributed by atoms with van der Waals surface area (Å²) in [5.74, 6) is -2.59. The van der Waals surface area contributed by atoms with Crippen LogP contribution in [-0.2, 0) is 4.79 Å². The first-order chi connectivity index (χ1) is 15.5. The Labute approximate surface area is 187 Å². The molecule has 5 nitrogen and oxygen atoms in total. The van der Waals surface area contributed by atoms with Crippen LogP contribution in [0.3, 0.4) is 0 Å². The first kappa shape index (κ1) is 20.1. The van der Waals surface area contributed by atoms with Crippen LogP contribution >= 0.6 is 11.3 Å². The number of aryl methyl sites for hydroxylation is 1. The lowest BCUT2D eigenvalue weighted by atomic mass is 9.92. The molecule has 1 atom stereocenters. The van der Waals surface area contributed by atoms with Crippen LogP contribution in [0.15, 0.2) is 84.1 Å². The minimum absolute atomic E-state index is 0.111. The maximum absolute atomic E-state index is 14.9. The van der Waals surface area contributed by atoms with Gasteiger partial charge in [0.25, 0.3) is 5.91 Å². The molecule has 0 aliphatic carbocycles. The fraction of sp³-hybridized carbons (Fsp3) is 0.0800. The highest BCUT2D eigenvalue weighted by Crippen LogP contribution is 2.44. The number of aliphatic hydroxyl groups is 1. The number of hydrogen-bond acceptors (Lipinski definition) is 5. The Hall–Kier alpha value is -3.84. The van der Waals surface area contributed by atoms with Crippen molar-refractivity contribution in [2.24, 2.45) is 0 Å². The van der Waals surface area contributed by atoms with Crippen LogP contribution in [0.2, 0.25) is 0 Å². The molecule has 7 heteroatoms. The number of hydrogen-bond donors (Lipinski definition) is 1. The van der Waals surface area contributed by atoms with Gasteiger partial charge in [0.05, 0.1) is 15.8 Å². The second-order valence-corrected chi connectivity index (χ2v) is 8.53. The molecule has 1 aromatic heterocycles. The number of carbonyl (C=O) groups is 2. The lowest BCUT2D eigenvalue weighted by molar-refractivity contribution is -0.117. The summed E-state index contributed by atoms with van der Waals surface area (Å²) in [6.45, 7) is 1.89. The smallest absolute Gasteiger partial charge is 0.296 e. The van der Waals surface area contributed by atoms with E-state index in [-0.39, 0.29) is 16.3 Å². The molecule has 0 fully saturated rings. The predicted octanol–water partition coefficient (Wildman–Crippen LogP) is 5.53. The average molecular weight is 444 g/mol. The van der Waals surface area contributed by atoms with Crippen LogP contribution in [0.5, 0.6) is 0 Å². The van der Waals surface area contributed by atoms with Crippen LogP contribution in [-0.4, -0.2) is 21.8 Å². The summed E-state index contributed by atoms with van der Waals surface area (Å²) < 4.78 is 15.7. The van der Waals surface area contributed by atoms with E-state index in [1.165, 1.54) is 34.4 Å². The number of carbonyl (C=O) groups excluding carboxylic acids is 2. The minimum Gasteiger partial charge on any atom is -0.503 e. The van der Waals surface area contributed by atoms with Gasteiger partial charge in [-0.1, -0.05) is 71.5 Å². The molecule has 1 aliphatic heterocycles. The van der Waals surface area contributed by atoms with E-state index in [9.17, 15) is 19.1 Å². The molecule has 4 aromatic rings. The summed E-state index contributed by atoms with van der Waals surface area (Å²) in [5, 5.41) is 11.1. The van der Waals surface area contributed by atoms with E-state index in [0.29, 0.717) is 11.1 Å². The fourth-order valence-electron chi connectivity index (χ4n) is 3.85. The Morgan fingerprint density at radius 2 is 1.72 bits per heavy atom. The second kappa shape index (κ2) is 7.69. The molecule has 32 heavy (non-hydrogen) atoms. The number of amides is 1. The number of nitrogens with zero attached hydrogens (tertiary/aromatic N) is 2. The van der Waals surface area contributed by atoms with Crippen molar-refractivity contribution in [3.05, 3.63) is 107 Å². The molecular formula is C25H17FN2O3S. The van der Waals surface area contributed by atoms with Crippen molar-refractivity contribution in [2.45, 2.75) is 13.0 Å². The van der Waals surface area contributed by atoms with Gasteiger partial charge < -0.3 is 5.11 Å². The highest BCUT2D eigenvalue weighted by atomic mass is 32.1. The number of Topliss-reactive ketones (excluding diaryl/α,β-unsaturated/α-hetero) is 1. The van der Waals surface area contributed by atoms with Gasteiger partial charge in [-0.2, -0.15) is 0 Å². The predicted molar refractivity (Wildman–Crippen MR) is 121 cm³/mol. The van der Waals surface area contributed by atoms with Crippen LogP contribution < -0.4 is 4.90 Å². The minimum atomic E-state index is -1.14. The van der Waals surface area contributed by atoms with Crippen molar-refractivity contribution in [1.29, 1.82) is 0 Å². The van der Waals surface area contributed by atoms with Crippen molar-refractivity contribution >= 4 is 38.4 Å². The highest BCUT2D eigenvalue weighted by molar-refractivity contribution is 7.22. The molecule has 158 valence electrons. The van der Waals surface area contributed by atoms with Gasteiger partial charge in [-0.25, -0.2) is 9.37 Å². The number of halogens is 1. The first-order valence-corrected chi connectivity index (χ1v) is 10.8. The van der Waals surface area contributed by atoms with E-state index < -0.39 is 29.3 Å². The van der Waals surface area contributed by atoms with E-state index in [4.69, 9.17) is 0 Å². The van der Waals surface area contributed by atoms with Crippen molar-refractivity contribution in [3.8, 4) is 0 Å². The molecule has 1 aliphatic rings. The summed E-state index contributed by atoms with van der Waals surface area (Å²) in [4.78, 5) is 32.3. The molecule has 0 radical (unpaired) electrons. The molecule has 0 saturated heterocycles. The van der Waals surface area contributed by atoms with Crippen LogP contribution in [0.4, 0.5) is 9.52 Å². The van der Waals surface area contributed by atoms with Crippen LogP contribution in [0.25, 0.3) is 10.2 Å². The Bertz CT molecular complexity index is 1380. The van der Waals surface area contributed by atoms with Gasteiger partial charge >= 0.3 is 0 Å². The van der Waals surface area contributed by atoms with E-state index in [1.54, 1.807) is 36.4 Å². The maximum atomic E-state index is 14.9. The molecule has 1 amide bonds. The Balaban J connectivity index is 1.69. The van der Waals surface area contributed by atoms with Gasteiger partial charge in [-0.3, -0.25) is 14.5 Å². The molecule has 1 unspecified atom stereocenters. The van der Waals surface area contributed by atoms with Gasteiger partial charge in [0.15, 0.2) is 16.7 Å². The zero-order valence-corrected chi connectivity index (χ0v) is 17.8. The zero-order chi connectivity index (χ0) is 22.4. The van der Waals surface area contributed by atoms with Crippen molar-refractivity contribution in [2.75, 3.05) is 4.90 Å². The summed E-state index contributed by atoms with van der Waals surface area (Å²) in [6, 6.07) is 18.9. The number of aromatic nitrogens is 1. The molecule has 0 bridgehead atoms. The average Bonchev–Trinajstić information content (AvgIpc) is 3.33. The Kier molecular flexibility index (Phi) is 4.83. The first-order valence-electron chi connectivity index (χ1n) is 9.94. The molecule has 3 aromatic carbocycles. The lowest BCUT2D eigenvalue weighted by Gasteiger charge is -2.24. The quantitative estimate of drug-likeness (QED) is 0.421. The number of para-hydroxylation sites is 1. The maximum Gasteiger partial charge on any atom is 0.296 e. The van der Waals surface area contributed by atoms with Crippen molar-refractivity contribution in [1.82, 2.24) is 4.98 Å². The summed E-state index contributed by atoms with van der Waals surface area (Å²) in [7, 11) is 0. The molecule has 1 N–H and O–H groups in total. The summed E-state index contributed by atoms with van der Waals surface area (Å²) in [5.41, 5.74) is 1.88. The largest absolute Gasteiger partial charge is 0.503 e. The summed E-state index contributed by atoms with van der Waals surface area (Å²) in [6.07, 6.45) is 0. The van der Waals surface area contributed by atoms with E-state index in [0.717, 1.165) is 10.3 Å². The number of thiazole rings is 1. The number of anilines is 1. The van der Waals surface area contributed by atoms with Crippen molar-refractivity contribution in [3.63, 3.8) is 0 Å². The number of benzene rings is 3. The van der Waals surface area contributed by atoms with Gasteiger partial charge in [0, 0.05) is 11.1 Å². The Morgan fingerprint density at radius 3 is 2.44 bits per heavy atom. The van der Waals surface area contributed by atoms with Gasteiger partial charge in [0.1, 0.15) is 11.9 Å². The van der Waals surface area contributed by atoms with Crippen LogP contribution in [0, 0.1) is 12.7 Å². The number of aliphatic hydroxyl groups excluding tert-OH is 1. The second-order valence-electron chi connectivity index (χ2n) is 7.52. The lowest BCUT2D eigenvalue weighted by Crippen LogP contribution is -2.31. The third-order valence-corrected chi connectivity index (χ3v) is 6.49. The number of fused-ring (bicyclic) bond motifs is 1. The molecular weight excluding hydrogens is 427 g/mol. The van der Waals surface area contributed by atoms with Gasteiger partial charge in [-0.05, 0) is 25.1 Å². The fourth-order valence-corrected chi connectivity index (χ4v) is 4.84.